The van der Waals surface area contributed by atoms with Crippen molar-refractivity contribution in [1.29, 1.82) is 0 Å². The van der Waals surface area contributed by atoms with Crippen molar-refractivity contribution in [3.05, 3.63) is 35.9 Å². The fraction of sp³-hybridized carbons (Fsp3) is 0.600. The van der Waals surface area contributed by atoms with Crippen LogP contribution in [0, 0.1) is 0 Å². The average molecular weight is 247 g/mol. The predicted molar refractivity (Wildman–Crippen MR) is 76.4 cm³/mol. The van der Waals surface area contributed by atoms with Crippen molar-refractivity contribution in [2.24, 2.45) is 5.73 Å². The monoisotopic (exact) mass is 247 g/mol. The minimum atomic E-state index is 0.600. The fourth-order valence-corrected chi connectivity index (χ4v) is 2.79. The third kappa shape index (κ3) is 3.80. The van der Waals surface area contributed by atoms with E-state index in [1.54, 1.807) is 0 Å². The second kappa shape index (κ2) is 6.88. The van der Waals surface area contributed by atoms with Crippen molar-refractivity contribution in [2.45, 2.75) is 25.4 Å². The third-order valence-corrected chi connectivity index (χ3v) is 3.75. The minimum absolute atomic E-state index is 0.600. The van der Waals surface area contributed by atoms with Crippen molar-refractivity contribution in [1.82, 2.24) is 9.80 Å². The lowest BCUT2D eigenvalue weighted by Crippen LogP contribution is -2.41. The van der Waals surface area contributed by atoms with Gasteiger partial charge in [0.15, 0.2) is 0 Å². The molecular weight excluding hydrogens is 222 g/mol. The zero-order chi connectivity index (χ0) is 12.8. The predicted octanol–water partition coefficient (Wildman–Crippen LogP) is 1.54. The Morgan fingerprint density at radius 1 is 1.22 bits per heavy atom. The van der Waals surface area contributed by atoms with Gasteiger partial charge >= 0.3 is 0 Å². The Kier molecular flexibility index (Phi) is 5.17. The molecule has 1 fully saturated rings. The summed E-state index contributed by atoms with van der Waals surface area (Å²) in [6.07, 6.45) is 2.35. The van der Waals surface area contributed by atoms with Crippen LogP contribution >= 0.6 is 0 Å². The van der Waals surface area contributed by atoms with Crippen LogP contribution in [0.1, 0.15) is 18.4 Å². The molecule has 1 aliphatic rings. The van der Waals surface area contributed by atoms with E-state index in [4.69, 9.17) is 5.73 Å². The zero-order valence-electron chi connectivity index (χ0n) is 11.4. The van der Waals surface area contributed by atoms with Gasteiger partial charge in [0.25, 0.3) is 0 Å². The lowest BCUT2D eigenvalue weighted by Gasteiger charge is -2.30. The first-order chi connectivity index (χ1) is 8.79. The molecule has 1 aromatic carbocycles. The van der Waals surface area contributed by atoms with Crippen LogP contribution in [0.2, 0.25) is 0 Å². The zero-order valence-corrected chi connectivity index (χ0v) is 11.4. The Balaban J connectivity index is 2.02. The molecule has 3 nitrogen and oxygen atoms in total. The molecule has 1 unspecified atom stereocenters. The van der Waals surface area contributed by atoms with Gasteiger partial charge in [-0.05, 0) is 38.5 Å². The molecule has 3 heteroatoms. The van der Waals surface area contributed by atoms with Crippen molar-refractivity contribution >= 4 is 0 Å². The lowest BCUT2D eigenvalue weighted by atomic mass is 10.1. The van der Waals surface area contributed by atoms with E-state index in [-0.39, 0.29) is 0 Å². The fourth-order valence-electron chi connectivity index (χ4n) is 2.79. The highest BCUT2D eigenvalue weighted by molar-refractivity contribution is 5.14. The first-order valence-corrected chi connectivity index (χ1v) is 6.96. The maximum Gasteiger partial charge on any atom is 0.0238 e. The molecule has 0 amide bonds. The molecule has 100 valence electrons. The van der Waals surface area contributed by atoms with E-state index < -0.39 is 0 Å². The molecule has 2 rings (SSSR count). The normalized spacial score (nSPS) is 22.9. The smallest absolute Gasteiger partial charge is 0.0238 e. The van der Waals surface area contributed by atoms with Gasteiger partial charge in [-0.2, -0.15) is 0 Å². The molecule has 1 aliphatic heterocycles. The summed E-state index contributed by atoms with van der Waals surface area (Å²) in [6, 6.07) is 11.4. The van der Waals surface area contributed by atoms with Crippen molar-refractivity contribution in [3.8, 4) is 0 Å². The Morgan fingerprint density at radius 3 is 2.72 bits per heavy atom. The van der Waals surface area contributed by atoms with Gasteiger partial charge in [-0.3, -0.25) is 4.90 Å². The lowest BCUT2D eigenvalue weighted by molar-refractivity contribution is 0.173. The number of rotatable bonds is 4. The summed E-state index contributed by atoms with van der Waals surface area (Å²) >= 11 is 0. The van der Waals surface area contributed by atoms with E-state index >= 15 is 0 Å². The van der Waals surface area contributed by atoms with Crippen LogP contribution < -0.4 is 5.73 Å². The molecule has 1 aromatic rings. The van der Waals surface area contributed by atoms with Gasteiger partial charge in [-0.15, -0.1) is 0 Å². The van der Waals surface area contributed by atoms with Gasteiger partial charge in [-0.25, -0.2) is 0 Å². The Bertz CT molecular complexity index is 339. The van der Waals surface area contributed by atoms with Crippen LogP contribution in [0.15, 0.2) is 30.3 Å². The molecule has 0 bridgehead atoms. The first kappa shape index (κ1) is 13.5. The van der Waals surface area contributed by atoms with Crippen LogP contribution in [0.3, 0.4) is 0 Å². The van der Waals surface area contributed by atoms with E-state index in [2.05, 4.69) is 47.2 Å². The number of benzene rings is 1. The summed E-state index contributed by atoms with van der Waals surface area (Å²) in [5, 5.41) is 0. The maximum atomic E-state index is 5.77. The van der Waals surface area contributed by atoms with Gasteiger partial charge in [0, 0.05) is 25.7 Å². The Morgan fingerprint density at radius 2 is 2.00 bits per heavy atom. The van der Waals surface area contributed by atoms with E-state index in [1.807, 2.05) is 0 Å². The van der Waals surface area contributed by atoms with E-state index in [1.165, 1.54) is 25.1 Å². The summed E-state index contributed by atoms with van der Waals surface area (Å²) in [4.78, 5) is 5.04. The van der Waals surface area contributed by atoms with E-state index in [9.17, 15) is 0 Å². The van der Waals surface area contributed by atoms with E-state index in [0.29, 0.717) is 6.04 Å². The summed E-state index contributed by atoms with van der Waals surface area (Å²) in [5.41, 5.74) is 7.17. The molecule has 18 heavy (non-hydrogen) atoms. The molecular formula is C15H25N3. The number of hydrogen-bond acceptors (Lipinski definition) is 3. The highest BCUT2D eigenvalue weighted by atomic mass is 15.2. The van der Waals surface area contributed by atoms with Crippen LogP contribution in [-0.4, -0.2) is 49.1 Å². The first-order valence-electron chi connectivity index (χ1n) is 6.96. The molecule has 0 aromatic heterocycles. The molecule has 0 radical (unpaired) electrons. The molecule has 0 saturated carbocycles. The van der Waals surface area contributed by atoms with Gasteiger partial charge in [0.2, 0.25) is 0 Å². The Hall–Kier alpha value is -0.900. The number of nitrogens with two attached hydrogens (primary N) is 1. The second-order valence-electron chi connectivity index (χ2n) is 5.30. The molecule has 0 aliphatic carbocycles. The second-order valence-corrected chi connectivity index (χ2v) is 5.30. The highest BCUT2D eigenvalue weighted by Crippen LogP contribution is 2.15. The molecule has 0 spiro atoms. The SMILES string of the molecule is CN1CCCN(Cc2ccccc2)C(CCN)C1. The Labute approximate surface area is 111 Å². The van der Waals surface area contributed by atoms with Gasteiger partial charge in [0.1, 0.15) is 0 Å². The van der Waals surface area contributed by atoms with Crippen molar-refractivity contribution < 1.29 is 0 Å². The van der Waals surface area contributed by atoms with Gasteiger partial charge in [-0.1, -0.05) is 30.3 Å². The maximum absolute atomic E-state index is 5.77. The molecule has 1 heterocycles. The number of hydrogen-bond donors (Lipinski definition) is 1. The summed E-state index contributed by atoms with van der Waals surface area (Å²) in [7, 11) is 2.22. The molecule has 1 atom stereocenters. The number of nitrogens with zero attached hydrogens (tertiary/aromatic N) is 2. The van der Waals surface area contributed by atoms with Crippen molar-refractivity contribution in [3.63, 3.8) is 0 Å². The van der Waals surface area contributed by atoms with Crippen LogP contribution in [0.5, 0.6) is 0 Å². The molecule has 2 N–H and O–H groups in total. The van der Waals surface area contributed by atoms with Crippen LogP contribution in [-0.2, 0) is 6.54 Å². The topological polar surface area (TPSA) is 32.5 Å². The van der Waals surface area contributed by atoms with Crippen LogP contribution in [0.4, 0.5) is 0 Å². The summed E-state index contributed by atoms with van der Waals surface area (Å²) in [6.45, 7) is 5.36. The van der Waals surface area contributed by atoms with Crippen molar-refractivity contribution in [2.75, 3.05) is 33.2 Å². The van der Waals surface area contributed by atoms with E-state index in [0.717, 1.165) is 26.1 Å². The molecule has 1 saturated heterocycles. The summed E-state index contributed by atoms with van der Waals surface area (Å²) < 4.78 is 0. The standard InChI is InChI=1S/C15H25N3/c1-17-10-5-11-18(15(13-17)8-9-16)12-14-6-3-2-4-7-14/h2-4,6-7,15H,5,8-13,16H2,1H3. The highest BCUT2D eigenvalue weighted by Gasteiger charge is 2.22. The average Bonchev–Trinajstić information content (AvgIpc) is 2.54. The third-order valence-electron chi connectivity index (χ3n) is 3.75. The number of likely N-dealkylation sites (N-methyl/N-ethyl adjacent to an activating group) is 1. The van der Waals surface area contributed by atoms with Crippen LogP contribution in [0.25, 0.3) is 0 Å². The van der Waals surface area contributed by atoms with Gasteiger partial charge in [0.05, 0.1) is 0 Å². The largest absolute Gasteiger partial charge is 0.330 e. The quantitative estimate of drug-likeness (QED) is 0.876. The minimum Gasteiger partial charge on any atom is -0.330 e. The van der Waals surface area contributed by atoms with Gasteiger partial charge < -0.3 is 10.6 Å². The summed E-state index contributed by atoms with van der Waals surface area (Å²) in [5.74, 6) is 0.